The number of nitrogens with one attached hydrogen (secondary N) is 1. The van der Waals surface area contributed by atoms with Gasteiger partial charge in [0.25, 0.3) is 5.89 Å². The first-order valence-corrected chi connectivity index (χ1v) is 5.90. The number of hydrogen-bond acceptors (Lipinski definition) is 3. The average Bonchev–Trinajstić information content (AvgIpc) is 2.76. The zero-order valence-corrected chi connectivity index (χ0v) is 10.7. The van der Waals surface area contributed by atoms with E-state index in [1.807, 2.05) is 24.3 Å². The van der Waals surface area contributed by atoms with Crippen molar-refractivity contribution in [3.63, 3.8) is 0 Å². The highest BCUT2D eigenvalue weighted by molar-refractivity contribution is 6.01. The number of benzene rings is 1. The summed E-state index contributed by atoms with van der Waals surface area (Å²) in [5.41, 5.74) is 1.89. The van der Waals surface area contributed by atoms with Gasteiger partial charge in [0.05, 0.1) is 6.20 Å². The van der Waals surface area contributed by atoms with Crippen LogP contribution >= 0.6 is 0 Å². The molecule has 0 aliphatic rings. The van der Waals surface area contributed by atoms with Gasteiger partial charge < -0.3 is 9.73 Å². The Labute approximate surface area is 106 Å². The molecule has 1 aromatic carbocycles. The second-order valence-corrected chi connectivity index (χ2v) is 4.47. The summed E-state index contributed by atoms with van der Waals surface area (Å²) in [6, 6.07) is 7.73. The fourth-order valence-corrected chi connectivity index (χ4v) is 1.75. The molecule has 4 heteroatoms. The van der Waals surface area contributed by atoms with Crippen molar-refractivity contribution < 1.29 is 9.21 Å². The van der Waals surface area contributed by atoms with Gasteiger partial charge in [0, 0.05) is 5.69 Å². The molecule has 0 atom stereocenters. The molecular formula is C14H16N2O2. The number of carbonyl (C=O) groups is 1. The standard InChI is InChI=1S/C14H16N2O2/c1-9(2)11-6-4-5-7-12(11)16-13(17)14-15-8-10(3)18-14/h4-9H,1-3H3,(H,16,17). The predicted molar refractivity (Wildman–Crippen MR) is 69.7 cm³/mol. The number of amides is 1. The van der Waals surface area contributed by atoms with Gasteiger partial charge in [-0.05, 0) is 24.5 Å². The lowest BCUT2D eigenvalue weighted by molar-refractivity contribution is 0.0989. The first kappa shape index (κ1) is 12.4. The Bertz CT molecular complexity index is 558. The maximum Gasteiger partial charge on any atom is 0.311 e. The third-order valence-corrected chi connectivity index (χ3v) is 2.65. The van der Waals surface area contributed by atoms with Crippen LogP contribution in [0.3, 0.4) is 0 Å². The van der Waals surface area contributed by atoms with E-state index in [-0.39, 0.29) is 11.8 Å². The smallest absolute Gasteiger partial charge is 0.311 e. The average molecular weight is 244 g/mol. The number of para-hydroxylation sites is 1. The zero-order chi connectivity index (χ0) is 13.1. The minimum absolute atomic E-state index is 0.0889. The molecule has 94 valence electrons. The minimum Gasteiger partial charge on any atom is -0.438 e. The van der Waals surface area contributed by atoms with Gasteiger partial charge in [-0.3, -0.25) is 4.79 Å². The number of aromatic nitrogens is 1. The van der Waals surface area contributed by atoms with E-state index in [0.29, 0.717) is 11.7 Å². The number of aryl methyl sites for hydroxylation is 1. The van der Waals surface area contributed by atoms with Crippen molar-refractivity contribution in [3.05, 3.63) is 47.7 Å². The summed E-state index contributed by atoms with van der Waals surface area (Å²) in [5.74, 6) is 0.729. The molecule has 1 N–H and O–H groups in total. The van der Waals surface area contributed by atoms with Gasteiger partial charge in [0.2, 0.25) is 0 Å². The molecule has 4 nitrogen and oxygen atoms in total. The van der Waals surface area contributed by atoms with E-state index >= 15 is 0 Å². The van der Waals surface area contributed by atoms with Gasteiger partial charge in [0.1, 0.15) is 5.76 Å². The van der Waals surface area contributed by atoms with Crippen LogP contribution in [0.5, 0.6) is 0 Å². The molecule has 2 aromatic rings. The summed E-state index contributed by atoms with van der Waals surface area (Å²) < 4.78 is 5.19. The number of hydrogen-bond donors (Lipinski definition) is 1. The van der Waals surface area contributed by atoms with Crippen molar-refractivity contribution in [2.75, 3.05) is 5.32 Å². The Balaban J connectivity index is 2.22. The lowest BCUT2D eigenvalue weighted by Gasteiger charge is -2.12. The van der Waals surface area contributed by atoms with Crippen LogP contribution in [0.15, 0.2) is 34.9 Å². The third-order valence-electron chi connectivity index (χ3n) is 2.65. The Hall–Kier alpha value is -2.10. The quantitative estimate of drug-likeness (QED) is 0.900. The lowest BCUT2D eigenvalue weighted by Crippen LogP contribution is -2.13. The van der Waals surface area contributed by atoms with Gasteiger partial charge in [-0.15, -0.1) is 0 Å². The normalized spacial score (nSPS) is 10.7. The van der Waals surface area contributed by atoms with Crippen LogP contribution in [0.4, 0.5) is 5.69 Å². The zero-order valence-electron chi connectivity index (χ0n) is 10.7. The largest absolute Gasteiger partial charge is 0.438 e. The number of anilines is 1. The Kier molecular flexibility index (Phi) is 3.46. The Morgan fingerprint density at radius 1 is 1.33 bits per heavy atom. The van der Waals surface area contributed by atoms with Crippen LogP contribution in [0.1, 0.15) is 41.8 Å². The number of nitrogens with zero attached hydrogens (tertiary/aromatic N) is 1. The summed E-state index contributed by atoms with van der Waals surface area (Å²) in [7, 11) is 0. The maximum absolute atomic E-state index is 11.9. The van der Waals surface area contributed by atoms with Crippen molar-refractivity contribution in [1.29, 1.82) is 0 Å². The molecular weight excluding hydrogens is 228 g/mol. The van der Waals surface area contributed by atoms with Gasteiger partial charge in [0.15, 0.2) is 0 Å². The Morgan fingerprint density at radius 2 is 2.06 bits per heavy atom. The number of rotatable bonds is 3. The van der Waals surface area contributed by atoms with Crippen molar-refractivity contribution >= 4 is 11.6 Å². The van der Waals surface area contributed by atoms with E-state index < -0.39 is 0 Å². The van der Waals surface area contributed by atoms with E-state index in [9.17, 15) is 4.79 Å². The third kappa shape index (κ3) is 2.59. The van der Waals surface area contributed by atoms with E-state index in [1.165, 1.54) is 6.20 Å². The van der Waals surface area contributed by atoms with Gasteiger partial charge >= 0.3 is 5.91 Å². The SMILES string of the molecule is Cc1cnc(C(=O)Nc2ccccc2C(C)C)o1. The number of oxazole rings is 1. The Morgan fingerprint density at radius 3 is 2.67 bits per heavy atom. The first-order valence-electron chi connectivity index (χ1n) is 5.90. The second-order valence-electron chi connectivity index (χ2n) is 4.47. The van der Waals surface area contributed by atoms with E-state index in [2.05, 4.69) is 24.1 Å². The molecule has 18 heavy (non-hydrogen) atoms. The molecule has 1 amide bonds. The van der Waals surface area contributed by atoms with Crippen molar-refractivity contribution in [3.8, 4) is 0 Å². The van der Waals surface area contributed by atoms with Crippen molar-refractivity contribution in [1.82, 2.24) is 4.98 Å². The van der Waals surface area contributed by atoms with Crippen LogP contribution in [0.25, 0.3) is 0 Å². The highest BCUT2D eigenvalue weighted by atomic mass is 16.4. The lowest BCUT2D eigenvalue weighted by atomic mass is 10.0. The molecule has 0 aliphatic heterocycles. The van der Waals surface area contributed by atoms with Gasteiger partial charge in [-0.25, -0.2) is 4.98 Å². The maximum atomic E-state index is 11.9. The summed E-state index contributed by atoms with van der Waals surface area (Å²) >= 11 is 0. The molecule has 0 bridgehead atoms. The highest BCUT2D eigenvalue weighted by Crippen LogP contribution is 2.24. The summed E-state index contributed by atoms with van der Waals surface area (Å²) in [5, 5.41) is 2.83. The second kappa shape index (κ2) is 5.04. The summed E-state index contributed by atoms with van der Waals surface area (Å²) in [4.78, 5) is 15.8. The fourth-order valence-electron chi connectivity index (χ4n) is 1.75. The molecule has 0 saturated carbocycles. The minimum atomic E-state index is -0.323. The van der Waals surface area contributed by atoms with Crippen molar-refractivity contribution in [2.24, 2.45) is 0 Å². The van der Waals surface area contributed by atoms with Crippen LogP contribution in [-0.4, -0.2) is 10.9 Å². The highest BCUT2D eigenvalue weighted by Gasteiger charge is 2.14. The molecule has 0 unspecified atom stereocenters. The predicted octanol–water partition coefficient (Wildman–Crippen LogP) is 3.36. The molecule has 0 fully saturated rings. The molecule has 1 heterocycles. The van der Waals surface area contributed by atoms with Crippen LogP contribution < -0.4 is 5.32 Å². The molecule has 2 rings (SSSR count). The van der Waals surface area contributed by atoms with E-state index in [0.717, 1.165) is 11.3 Å². The monoisotopic (exact) mass is 244 g/mol. The number of carbonyl (C=O) groups excluding carboxylic acids is 1. The molecule has 0 saturated heterocycles. The summed E-state index contributed by atoms with van der Waals surface area (Å²) in [6.45, 7) is 5.92. The van der Waals surface area contributed by atoms with E-state index in [4.69, 9.17) is 4.42 Å². The first-order chi connectivity index (χ1) is 8.58. The van der Waals surface area contributed by atoms with Crippen LogP contribution in [0.2, 0.25) is 0 Å². The van der Waals surface area contributed by atoms with E-state index in [1.54, 1.807) is 6.92 Å². The molecule has 1 aromatic heterocycles. The summed E-state index contributed by atoms with van der Waals surface area (Å²) in [6.07, 6.45) is 1.53. The fraction of sp³-hybridized carbons (Fsp3) is 0.286. The van der Waals surface area contributed by atoms with Gasteiger partial charge in [-0.1, -0.05) is 32.0 Å². The van der Waals surface area contributed by atoms with Crippen LogP contribution in [-0.2, 0) is 0 Å². The molecule has 0 aliphatic carbocycles. The van der Waals surface area contributed by atoms with Crippen LogP contribution in [0, 0.1) is 6.92 Å². The molecule has 0 spiro atoms. The van der Waals surface area contributed by atoms with Crippen molar-refractivity contribution in [2.45, 2.75) is 26.7 Å². The topological polar surface area (TPSA) is 55.1 Å². The van der Waals surface area contributed by atoms with Gasteiger partial charge in [-0.2, -0.15) is 0 Å². The molecule has 0 radical (unpaired) electrons.